The van der Waals surface area contributed by atoms with Crippen molar-refractivity contribution in [3.05, 3.63) is 78.0 Å². The van der Waals surface area contributed by atoms with Gasteiger partial charge in [-0.05, 0) is 23.6 Å². The van der Waals surface area contributed by atoms with Gasteiger partial charge in [-0.2, -0.15) is 4.57 Å². The van der Waals surface area contributed by atoms with E-state index in [1.165, 1.54) is 22.0 Å². The van der Waals surface area contributed by atoms with E-state index in [4.69, 9.17) is 0 Å². The summed E-state index contributed by atoms with van der Waals surface area (Å²) in [5.41, 5.74) is 4.02. The number of nitrogens with zero attached hydrogens (tertiary/aromatic N) is 1. The summed E-state index contributed by atoms with van der Waals surface area (Å²) in [6.45, 7) is 5.38. The van der Waals surface area contributed by atoms with E-state index in [0.29, 0.717) is 5.92 Å². The van der Waals surface area contributed by atoms with Crippen molar-refractivity contribution in [3.8, 4) is 0 Å². The molecule has 1 heteroatoms. The van der Waals surface area contributed by atoms with Crippen LogP contribution in [-0.4, -0.2) is 0 Å². The van der Waals surface area contributed by atoms with Crippen LogP contribution in [0.15, 0.2) is 66.9 Å². The average Bonchev–Trinajstić information content (AvgIpc) is 2.48. The lowest BCUT2D eigenvalue weighted by molar-refractivity contribution is -0.662. The molecule has 0 aliphatic heterocycles. The van der Waals surface area contributed by atoms with Crippen molar-refractivity contribution in [3.63, 3.8) is 0 Å². The number of hydrogen-bond acceptors (Lipinski definition) is 0. The summed E-state index contributed by atoms with van der Waals surface area (Å²) < 4.78 is 2.31. The smallest absolute Gasteiger partial charge is 0.194 e. The zero-order valence-electron chi connectivity index (χ0n) is 12.1. The minimum absolute atomic E-state index is 0.592. The second-order valence-corrected chi connectivity index (χ2v) is 5.59. The summed E-state index contributed by atoms with van der Waals surface area (Å²) >= 11 is 0. The molecule has 1 heterocycles. The van der Waals surface area contributed by atoms with Crippen LogP contribution >= 0.6 is 0 Å². The Kier molecular flexibility index (Phi) is 3.51. The maximum absolute atomic E-state index is 2.31. The zero-order chi connectivity index (χ0) is 13.9. The fourth-order valence-electron chi connectivity index (χ4n) is 2.56. The van der Waals surface area contributed by atoms with Crippen molar-refractivity contribution in [1.29, 1.82) is 0 Å². The molecule has 0 bridgehead atoms. The maximum atomic E-state index is 2.31. The van der Waals surface area contributed by atoms with Gasteiger partial charge in [0.25, 0.3) is 0 Å². The average molecular weight is 262 g/mol. The molecule has 0 unspecified atom stereocenters. The SMILES string of the molecule is CC(C)c1ccc(C[n+]2cccc3ccccc32)cc1. The van der Waals surface area contributed by atoms with Crippen molar-refractivity contribution in [2.24, 2.45) is 0 Å². The van der Waals surface area contributed by atoms with Crippen molar-refractivity contribution in [1.82, 2.24) is 0 Å². The molecule has 100 valence electrons. The Labute approximate surface area is 120 Å². The molecule has 0 fully saturated rings. The lowest BCUT2D eigenvalue weighted by atomic mass is 10.0. The summed E-state index contributed by atoms with van der Waals surface area (Å²) in [6.07, 6.45) is 2.15. The highest BCUT2D eigenvalue weighted by Crippen LogP contribution is 2.15. The first-order chi connectivity index (χ1) is 9.74. The fourth-order valence-corrected chi connectivity index (χ4v) is 2.56. The largest absolute Gasteiger partial charge is 0.212 e. The van der Waals surface area contributed by atoms with E-state index in [2.05, 4.69) is 85.3 Å². The predicted molar refractivity (Wildman–Crippen MR) is 83.8 cm³/mol. The van der Waals surface area contributed by atoms with Crippen LogP contribution in [0.5, 0.6) is 0 Å². The summed E-state index contributed by atoms with van der Waals surface area (Å²) in [5, 5.41) is 1.29. The van der Waals surface area contributed by atoms with Gasteiger partial charge >= 0.3 is 0 Å². The van der Waals surface area contributed by atoms with Crippen LogP contribution in [-0.2, 0) is 6.54 Å². The Morgan fingerprint density at radius 2 is 1.55 bits per heavy atom. The number of hydrogen-bond donors (Lipinski definition) is 0. The Morgan fingerprint density at radius 3 is 2.30 bits per heavy atom. The molecule has 0 amide bonds. The van der Waals surface area contributed by atoms with E-state index < -0.39 is 0 Å². The van der Waals surface area contributed by atoms with Crippen LogP contribution in [0.2, 0.25) is 0 Å². The minimum atomic E-state index is 0.592. The molecule has 20 heavy (non-hydrogen) atoms. The number of fused-ring (bicyclic) bond motifs is 1. The van der Waals surface area contributed by atoms with Gasteiger partial charge in [-0.1, -0.05) is 50.2 Å². The molecule has 0 saturated carbocycles. The molecule has 0 aliphatic rings. The highest BCUT2D eigenvalue weighted by Gasteiger charge is 2.08. The molecule has 0 radical (unpaired) electrons. The fraction of sp³-hybridized carbons (Fsp3) is 0.211. The van der Waals surface area contributed by atoms with Crippen LogP contribution in [0.25, 0.3) is 10.9 Å². The molecule has 2 aromatic carbocycles. The molecule has 0 aliphatic carbocycles. The predicted octanol–water partition coefficient (Wildman–Crippen LogP) is 4.30. The van der Waals surface area contributed by atoms with Gasteiger partial charge in [0.2, 0.25) is 5.52 Å². The highest BCUT2D eigenvalue weighted by molar-refractivity contribution is 5.74. The van der Waals surface area contributed by atoms with Gasteiger partial charge in [0.1, 0.15) is 0 Å². The van der Waals surface area contributed by atoms with E-state index in [9.17, 15) is 0 Å². The molecule has 0 spiro atoms. The molecule has 3 rings (SSSR count). The second-order valence-electron chi connectivity index (χ2n) is 5.59. The minimum Gasteiger partial charge on any atom is -0.194 e. The first-order valence-electron chi connectivity index (χ1n) is 7.20. The standard InChI is InChI=1S/C19H20N/c1-15(2)17-11-9-16(10-12-17)14-20-13-5-7-18-6-3-4-8-19(18)20/h3-13,15H,14H2,1-2H3/q+1. The molecule has 1 nitrogen and oxygen atoms in total. The van der Waals surface area contributed by atoms with Gasteiger partial charge in [0.05, 0.1) is 0 Å². The molecular formula is C19H20N+. The van der Waals surface area contributed by atoms with E-state index in [-0.39, 0.29) is 0 Å². The summed E-state index contributed by atoms with van der Waals surface area (Å²) in [7, 11) is 0. The topological polar surface area (TPSA) is 3.88 Å². The molecule has 0 N–H and O–H groups in total. The Bertz CT molecular complexity index is 706. The monoisotopic (exact) mass is 262 g/mol. The Balaban J connectivity index is 1.93. The number of rotatable bonds is 3. The summed E-state index contributed by atoms with van der Waals surface area (Å²) in [5.74, 6) is 0.592. The van der Waals surface area contributed by atoms with Gasteiger partial charge in [-0.15, -0.1) is 0 Å². The van der Waals surface area contributed by atoms with Gasteiger partial charge in [-0.3, -0.25) is 0 Å². The van der Waals surface area contributed by atoms with Crippen molar-refractivity contribution in [2.75, 3.05) is 0 Å². The van der Waals surface area contributed by atoms with Crippen LogP contribution in [0.3, 0.4) is 0 Å². The Hall–Kier alpha value is -2.15. The van der Waals surface area contributed by atoms with Crippen molar-refractivity contribution in [2.45, 2.75) is 26.3 Å². The van der Waals surface area contributed by atoms with Crippen LogP contribution in [0.1, 0.15) is 30.9 Å². The first-order valence-corrected chi connectivity index (χ1v) is 7.20. The zero-order valence-corrected chi connectivity index (χ0v) is 12.1. The number of aromatic nitrogens is 1. The normalized spacial score (nSPS) is 11.2. The first kappa shape index (κ1) is 12.9. The third-order valence-electron chi connectivity index (χ3n) is 3.79. The van der Waals surface area contributed by atoms with E-state index in [1.54, 1.807) is 0 Å². The van der Waals surface area contributed by atoms with Crippen LogP contribution < -0.4 is 4.57 Å². The maximum Gasteiger partial charge on any atom is 0.212 e. The number of para-hydroxylation sites is 1. The van der Waals surface area contributed by atoms with Crippen LogP contribution in [0, 0.1) is 0 Å². The third-order valence-corrected chi connectivity index (χ3v) is 3.79. The molecular weight excluding hydrogens is 242 g/mol. The number of pyridine rings is 1. The molecule has 0 atom stereocenters. The lowest BCUT2D eigenvalue weighted by Gasteiger charge is -2.06. The van der Waals surface area contributed by atoms with Crippen LogP contribution in [0.4, 0.5) is 0 Å². The molecule has 3 aromatic rings. The highest BCUT2D eigenvalue weighted by atomic mass is 14.9. The van der Waals surface area contributed by atoms with Gasteiger partial charge < -0.3 is 0 Å². The van der Waals surface area contributed by atoms with Crippen molar-refractivity contribution >= 4 is 10.9 Å². The van der Waals surface area contributed by atoms with E-state index in [0.717, 1.165) is 6.54 Å². The summed E-state index contributed by atoms with van der Waals surface area (Å²) in [6, 6.07) is 21.8. The van der Waals surface area contributed by atoms with Gasteiger partial charge in [0.15, 0.2) is 12.7 Å². The molecule has 0 saturated heterocycles. The number of benzene rings is 2. The molecule has 1 aromatic heterocycles. The quantitative estimate of drug-likeness (QED) is 0.620. The lowest BCUT2D eigenvalue weighted by Crippen LogP contribution is -2.34. The van der Waals surface area contributed by atoms with Gasteiger partial charge in [-0.25, -0.2) is 0 Å². The van der Waals surface area contributed by atoms with E-state index >= 15 is 0 Å². The van der Waals surface area contributed by atoms with Crippen molar-refractivity contribution < 1.29 is 4.57 Å². The summed E-state index contributed by atoms with van der Waals surface area (Å²) in [4.78, 5) is 0. The Morgan fingerprint density at radius 1 is 0.850 bits per heavy atom. The third kappa shape index (κ3) is 2.57. The van der Waals surface area contributed by atoms with E-state index in [1.807, 2.05) is 0 Å². The second kappa shape index (κ2) is 5.46. The van der Waals surface area contributed by atoms with Gasteiger partial charge in [0, 0.05) is 23.1 Å².